The summed E-state index contributed by atoms with van der Waals surface area (Å²) in [5, 5.41) is 0.842. The zero-order valence-electron chi connectivity index (χ0n) is 24.3. The molecule has 44 heavy (non-hydrogen) atoms. The highest BCUT2D eigenvalue weighted by Crippen LogP contribution is 2.34. The molecule has 0 radical (unpaired) electrons. The van der Waals surface area contributed by atoms with E-state index in [0.29, 0.717) is 23.0 Å². The standard InChI is InChI=1S/C32H31F2N7O2S/c1-40-10-12-41(13-11-40)30-9-5-21(18-36-30)25-15-22-14-20(4-7-27(22)38-31(25)35)23-16-28(32(43-2)37-19-23)39-44(3,42)29-8-6-24(33)17-26(29)34/h4-9,14-19H,3,10-13H2,1-2H3,(H2,35,38)(H,39,42). The van der Waals surface area contributed by atoms with Gasteiger partial charge in [-0.25, -0.2) is 27.9 Å². The smallest absolute Gasteiger partial charge is 0.238 e. The minimum Gasteiger partial charge on any atom is -0.480 e. The molecule has 6 rings (SSSR count). The average molecular weight is 616 g/mol. The summed E-state index contributed by atoms with van der Waals surface area (Å²) in [6.07, 6.45) is 3.43. The van der Waals surface area contributed by atoms with Crippen molar-refractivity contribution >= 4 is 43.8 Å². The molecule has 226 valence electrons. The maximum Gasteiger partial charge on any atom is 0.238 e. The fraction of sp³-hybridized carbons (Fsp3) is 0.188. The number of rotatable bonds is 7. The van der Waals surface area contributed by atoms with Crippen molar-refractivity contribution < 1.29 is 17.7 Å². The van der Waals surface area contributed by atoms with Crippen LogP contribution in [-0.2, 0) is 9.71 Å². The lowest BCUT2D eigenvalue weighted by atomic mass is 10.0. The van der Waals surface area contributed by atoms with Crippen LogP contribution in [0.2, 0.25) is 0 Å². The van der Waals surface area contributed by atoms with Crippen LogP contribution in [0.4, 0.5) is 26.1 Å². The topological polar surface area (TPSA) is 110 Å². The molecule has 1 saturated heterocycles. The number of nitrogen functional groups attached to an aromatic ring is 1. The number of fused-ring (bicyclic) bond motifs is 1. The molecule has 1 aliphatic rings. The number of methoxy groups -OCH3 is 1. The summed E-state index contributed by atoms with van der Waals surface area (Å²) in [5.74, 6) is 3.38. The number of aromatic nitrogens is 3. The number of likely N-dealkylation sites (N-methyl/N-ethyl adjacent to an activating group) is 1. The van der Waals surface area contributed by atoms with E-state index in [9.17, 15) is 13.0 Å². The van der Waals surface area contributed by atoms with Crippen LogP contribution in [0.5, 0.6) is 5.88 Å². The van der Waals surface area contributed by atoms with E-state index >= 15 is 0 Å². The Morgan fingerprint density at radius 2 is 1.68 bits per heavy atom. The molecule has 1 fully saturated rings. The number of hydrogen-bond donors (Lipinski definition) is 2. The molecule has 0 amide bonds. The van der Waals surface area contributed by atoms with Crippen LogP contribution in [0.1, 0.15) is 0 Å². The number of benzene rings is 2. The molecular weight excluding hydrogens is 584 g/mol. The first-order valence-electron chi connectivity index (χ1n) is 13.9. The molecule has 0 saturated carbocycles. The first-order valence-corrected chi connectivity index (χ1v) is 15.6. The van der Waals surface area contributed by atoms with E-state index in [4.69, 9.17) is 15.5 Å². The Balaban J connectivity index is 1.31. The summed E-state index contributed by atoms with van der Waals surface area (Å²) < 4.78 is 49.4. The average Bonchev–Trinajstić information content (AvgIpc) is 3.00. The number of piperazine rings is 1. The molecule has 4 heterocycles. The summed E-state index contributed by atoms with van der Waals surface area (Å²) >= 11 is 0. The molecule has 0 bridgehead atoms. The summed E-state index contributed by atoms with van der Waals surface area (Å²) in [6.45, 7) is 3.85. The Bertz CT molecular complexity index is 1960. The third kappa shape index (κ3) is 5.86. The van der Waals surface area contributed by atoms with E-state index in [1.54, 1.807) is 12.3 Å². The van der Waals surface area contributed by atoms with E-state index in [1.165, 1.54) is 7.11 Å². The lowest BCUT2D eigenvalue weighted by molar-refractivity contribution is 0.312. The molecule has 5 aromatic rings. The van der Waals surface area contributed by atoms with Gasteiger partial charge in [0.2, 0.25) is 5.88 Å². The first kappa shape index (κ1) is 29.3. The number of nitrogens with two attached hydrogens (primary N) is 1. The van der Waals surface area contributed by atoms with E-state index in [2.05, 4.69) is 37.4 Å². The van der Waals surface area contributed by atoms with Gasteiger partial charge in [0.15, 0.2) is 0 Å². The first-order chi connectivity index (χ1) is 21.1. The molecule has 1 aliphatic heterocycles. The quantitative estimate of drug-likeness (QED) is 0.244. The molecule has 3 aromatic heterocycles. The number of nitrogens with zero attached hydrogens (tertiary/aromatic N) is 5. The molecule has 1 atom stereocenters. The lowest BCUT2D eigenvalue weighted by Gasteiger charge is -2.33. The van der Waals surface area contributed by atoms with Crippen molar-refractivity contribution in [3.63, 3.8) is 0 Å². The fourth-order valence-electron chi connectivity index (χ4n) is 5.19. The van der Waals surface area contributed by atoms with E-state index in [1.807, 2.05) is 42.6 Å². The second-order valence-corrected chi connectivity index (χ2v) is 12.7. The maximum absolute atomic E-state index is 14.5. The zero-order valence-corrected chi connectivity index (χ0v) is 25.1. The predicted octanol–water partition coefficient (Wildman–Crippen LogP) is 5.08. The van der Waals surface area contributed by atoms with Crippen molar-refractivity contribution in [2.45, 2.75) is 4.90 Å². The lowest BCUT2D eigenvalue weighted by Crippen LogP contribution is -2.44. The Kier molecular flexibility index (Phi) is 7.78. The molecule has 12 heteroatoms. The van der Waals surface area contributed by atoms with Gasteiger partial charge in [-0.1, -0.05) is 6.07 Å². The maximum atomic E-state index is 14.5. The minimum absolute atomic E-state index is 0.137. The molecule has 0 aliphatic carbocycles. The minimum atomic E-state index is -3.43. The highest BCUT2D eigenvalue weighted by molar-refractivity contribution is 8.01. The Labute approximate surface area is 254 Å². The summed E-state index contributed by atoms with van der Waals surface area (Å²) in [4.78, 5) is 18.0. The number of ether oxygens (including phenoxy) is 1. The fourth-order valence-corrected chi connectivity index (χ4v) is 6.46. The van der Waals surface area contributed by atoms with Gasteiger partial charge in [0.1, 0.15) is 29.0 Å². The molecule has 9 nitrogen and oxygen atoms in total. The van der Waals surface area contributed by atoms with Crippen LogP contribution in [0.3, 0.4) is 0 Å². The van der Waals surface area contributed by atoms with Crippen molar-refractivity contribution in [2.75, 3.05) is 55.7 Å². The molecular formula is C32H31F2N7O2S. The van der Waals surface area contributed by atoms with Crippen molar-refractivity contribution in [3.05, 3.63) is 84.7 Å². The SMILES string of the molecule is C=S(=O)(Nc1cc(-c2ccc3nc(N)c(-c4ccc(N5CCN(C)CC5)nc4)cc3c2)cnc1OC)c1ccc(F)cc1F. The Morgan fingerprint density at radius 3 is 2.39 bits per heavy atom. The zero-order chi connectivity index (χ0) is 31.0. The predicted molar refractivity (Wildman–Crippen MR) is 172 cm³/mol. The van der Waals surface area contributed by atoms with Crippen LogP contribution in [0.25, 0.3) is 33.2 Å². The van der Waals surface area contributed by atoms with Gasteiger partial charge in [-0.05, 0) is 67.0 Å². The molecule has 1 unspecified atom stereocenters. The largest absolute Gasteiger partial charge is 0.480 e. The van der Waals surface area contributed by atoms with Crippen LogP contribution in [-0.4, -0.2) is 70.3 Å². The number of pyridine rings is 3. The van der Waals surface area contributed by atoms with Crippen LogP contribution in [0, 0.1) is 11.6 Å². The van der Waals surface area contributed by atoms with Gasteiger partial charge >= 0.3 is 0 Å². The summed E-state index contributed by atoms with van der Waals surface area (Å²) in [5.41, 5.74) is 10.4. The van der Waals surface area contributed by atoms with Crippen LogP contribution < -0.4 is 20.1 Å². The molecule has 3 N–H and O–H groups in total. The van der Waals surface area contributed by atoms with E-state index in [0.717, 1.165) is 66.2 Å². The number of hydrogen-bond acceptors (Lipinski definition) is 8. The second-order valence-electron chi connectivity index (χ2n) is 10.7. The van der Waals surface area contributed by atoms with Crippen molar-refractivity contribution in [1.82, 2.24) is 19.9 Å². The number of anilines is 3. The van der Waals surface area contributed by atoms with Crippen molar-refractivity contribution in [2.24, 2.45) is 0 Å². The van der Waals surface area contributed by atoms with Gasteiger partial charge < -0.3 is 25.0 Å². The van der Waals surface area contributed by atoms with Gasteiger partial charge in [0.05, 0.1) is 27.2 Å². The van der Waals surface area contributed by atoms with E-state index < -0.39 is 21.3 Å². The molecule has 2 aromatic carbocycles. The second kappa shape index (κ2) is 11.7. The highest BCUT2D eigenvalue weighted by atomic mass is 32.2. The Hall–Kier alpha value is -4.81. The van der Waals surface area contributed by atoms with Gasteiger partial charge in [-0.15, -0.1) is 0 Å². The Morgan fingerprint density at radius 1 is 0.932 bits per heavy atom. The molecule has 0 spiro atoms. The van der Waals surface area contributed by atoms with Crippen LogP contribution in [0.15, 0.2) is 78.0 Å². The third-order valence-electron chi connectivity index (χ3n) is 7.63. The van der Waals surface area contributed by atoms with Gasteiger partial charge in [-0.2, -0.15) is 0 Å². The van der Waals surface area contributed by atoms with E-state index in [-0.39, 0.29) is 16.5 Å². The van der Waals surface area contributed by atoms with Gasteiger partial charge in [-0.3, -0.25) is 0 Å². The van der Waals surface area contributed by atoms with Crippen molar-refractivity contribution in [3.8, 4) is 28.1 Å². The van der Waals surface area contributed by atoms with Crippen LogP contribution >= 0.6 is 0 Å². The van der Waals surface area contributed by atoms with Gasteiger partial charge in [0.25, 0.3) is 0 Å². The summed E-state index contributed by atoms with van der Waals surface area (Å²) in [6, 6.07) is 16.2. The summed E-state index contributed by atoms with van der Waals surface area (Å²) in [7, 11) is 0.106. The van der Waals surface area contributed by atoms with Crippen molar-refractivity contribution in [1.29, 1.82) is 0 Å². The van der Waals surface area contributed by atoms with Gasteiger partial charge in [0, 0.05) is 66.7 Å². The normalized spacial score (nSPS) is 15.2. The third-order valence-corrected chi connectivity index (χ3v) is 9.22. The highest BCUT2D eigenvalue weighted by Gasteiger charge is 2.19. The monoisotopic (exact) mass is 615 g/mol. The number of nitrogens with one attached hydrogen (secondary N) is 1. The number of halogens is 2.